The quantitative estimate of drug-likeness (QED) is 0.226. The number of allylic oxidation sites excluding steroid dienone is 2. The monoisotopic (exact) mass is 415 g/mol. The van der Waals surface area contributed by atoms with Crippen molar-refractivity contribution < 1.29 is 28.7 Å². The average Bonchev–Trinajstić information content (AvgIpc) is 2.73. The van der Waals surface area contributed by atoms with Crippen LogP contribution in [0.2, 0.25) is 0 Å². The molecule has 162 valence electrons. The molecule has 1 aromatic rings. The minimum Gasteiger partial charge on any atom is -0.496 e. The van der Waals surface area contributed by atoms with Crippen molar-refractivity contribution in [3.05, 3.63) is 34.9 Å². The summed E-state index contributed by atoms with van der Waals surface area (Å²) in [6.45, 7) is 3.43. The van der Waals surface area contributed by atoms with Gasteiger partial charge in [0.05, 0.1) is 31.1 Å². The predicted molar refractivity (Wildman–Crippen MR) is 114 cm³/mol. The summed E-state index contributed by atoms with van der Waals surface area (Å²) in [5.41, 5.74) is 1.24. The molecule has 0 amide bonds. The maximum absolute atomic E-state index is 12.6. The second-order valence-corrected chi connectivity index (χ2v) is 7.11. The van der Waals surface area contributed by atoms with Gasteiger partial charge in [-0.2, -0.15) is 0 Å². The standard InChI is InChI=1S/C23H29NO6/c1-5-6-7-8-9-10-11-17(24-30-15(2)25)16-14-20(28-3)21-18(26)12-13-19(27)22(21)23(16)29-4/h12-14H,5-11H2,1-4H3. The first-order valence-electron chi connectivity index (χ1n) is 10.2. The van der Waals surface area contributed by atoms with Crippen molar-refractivity contribution in [1.29, 1.82) is 0 Å². The van der Waals surface area contributed by atoms with Crippen molar-refractivity contribution in [3.8, 4) is 11.5 Å². The van der Waals surface area contributed by atoms with Crippen molar-refractivity contribution in [2.24, 2.45) is 5.16 Å². The number of oxime groups is 1. The fraction of sp³-hybridized carbons (Fsp3) is 0.478. The minimum absolute atomic E-state index is 0.137. The highest BCUT2D eigenvalue weighted by molar-refractivity contribution is 6.25. The normalized spacial score (nSPS) is 13.3. The van der Waals surface area contributed by atoms with Crippen LogP contribution < -0.4 is 9.47 Å². The van der Waals surface area contributed by atoms with Crippen molar-refractivity contribution in [2.75, 3.05) is 14.2 Å². The number of hydrogen-bond acceptors (Lipinski definition) is 7. The van der Waals surface area contributed by atoms with E-state index in [4.69, 9.17) is 14.3 Å². The van der Waals surface area contributed by atoms with E-state index in [9.17, 15) is 14.4 Å². The summed E-state index contributed by atoms with van der Waals surface area (Å²) >= 11 is 0. The maximum atomic E-state index is 12.6. The molecule has 7 heteroatoms. The molecule has 0 fully saturated rings. The van der Waals surface area contributed by atoms with E-state index in [2.05, 4.69) is 12.1 Å². The molecule has 0 bridgehead atoms. The highest BCUT2D eigenvalue weighted by atomic mass is 16.7. The summed E-state index contributed by atoms with van der Waals surface area (Å²) in [4.78, 5) is 41.2. The number of hydrogen-bond donors (Lipinski definition) is 0. The Morgan fingerprint density at radius 2 is 1.57 bits per heavy atom. The third-order valence-electron chi connectivity index (χ3n) is 4.91. The Morgan fingerprint density at radius 3 is 2.17 bits per heavy atom. The third-order valence-corrected chi connectivity index (χ3v) is 4.91. The Bertz CT molecular complexity index is 869. The van der Waals surface area contributed by atoms with Crippen LogP contribution in [0.4, 0.5) is 0 Å². The summed E-state index contributed by atoms with van der Waals surface area (Å²) in [5, 5.41) is 4.02. The van der Waals surface area contributed by atoms with Gasteiger partial charge in [-0.15, -0.1) is 0 Å². The van der Waals surface area contributed by atoms with E-state index >= 15 is 0 Å². The van der Waals surface area contributed by atoms with E-state index < -0.39 is 5.97 Å². The Labute approximate surface area is 177 Å². The molecule has 0 heterocycles. The third kappa shape index (κ3) is 5.55. The summed E-state index contributed by atoms with van der Waals surface area (Å²) in [6, 6.07) is 1.61. The van der Waals surface area contributed by atoms with Gasteiger partial charge in [0.2, 0.25) is 0 Å². The number of rotatable bonds is 11. The molecule has 0 saturated carbocycles. The Kier molecular flexibility index (Phi) is 8.77. The van der Waals surface area contributed by atoms with Gasteiger partial charge in [-0.05, 0) is 31.1 Å². The van der Waals surface area contributed by atoms with Crippen LogP contribution in [0.15, 0.2) is 23.4 Å². The number of ether oxygens (including phenoxy) is 2. The number of ketones is 2. The van der Waals surface area contributed by atoms with Gasteiger partial charge >= 0.3 is 5.97 Å². The van der Waals surface area contributed by atoms with Gasteiger partial charge in [0, 0.05) is 12.5 Å². The number of nitrogens with zero attached hydrogens (tertiary/aromatic N) is 1. The summed E-state index contributed by atoms with van der Waals surface area (Å²) in [7, 11) is 2.86. The second-order valence-electron chi connectivity index (χ2n) is 7.11. The molecular weight excluding hydrogens is 386 g/mol. The van der Waals surface area contributed by atoms with Gasteiger partial charge in [0.15, 0.2) is 11.6 Å². The fourth-order valence-corrected chi connectivity index (χ4v) is 3.45. The lowest BCUT2D eigenvalue weighted by molar-refractivity contribution is -0.140. The topological polar surface area (TPSA) is 91.3 Å². The van der Waals surface area contributed by atoms with E-state index in [0.717, 1.165) is 19.3 Å². The van der Waals surface area contributed by atoms with Crippen LogP contribution in [-0.2, 0) is 9.63 Å². The van der Waals surface area contributed by atoms with Gasteiger partial charge in [-0.25, -0.2) is 4.79 Å². The Hall–Kier alpha value is -2.96. The van der Waals surface area contributed by atoms with Crippen molar-refractivity contribution >= 4 is 23.2 Å². The lowest BCUT2D eigenvalue weighted by atomic mass is 9.88. The molecular formula is C23H29NO6. The fourth-order valence-electron chi connectivity index (χ4n) is 3.45. The maximum Gasteiger partial charge on any atom is 0.331 e. The molecule has 7 nitrogen and oxygen atoms in total. The summed E-state index contributed by atoms with van der Waals surface area (Å²) in [6.07, 6.45) is 9.45. The molecule has 30 heavy (non-hydrogen) atoms. The molecule has 0 saturated heterocycles. The minimum atomic E-state index is -0.548. The predicted octanol–water partition coefficient (Wildman–Crippen LogP) is 4.66. The molecule has 1 aliphatic carbocycles. The molecule has 0 unspecified atom stereocenters. The zero-order valence-electron chi connectivity index (χ0n) is 18.1. The van der Waals surface area contributed by atoms with E-state index in [1.165, 1.54) is 52.6 Å². The van der Waals surface area contributed by atoms with Crippen LogP contribution in [0.1, 0.15) is 85.1 Å². The molecule has 0 radical (unpaired) electrons. The van der Waals surface area contributed by atoms with Gasteiger partial charge in [0.1, 0.15) is 11.5 Å². The van der Waals surface area contributed by atoms with Crippen LogP contribution in [0.25, 0.3) is 0 Å². The van der Waals surface area contributed by atoms with Gasteiger partial charge < -0.3 is 14.3 Å². The molecule has 1 aromatic carbocycles. The first-order chi connectivity index (χ1) is 14.4. The first-order valence-corrected chi connectivity index (χ1v) is 10.2. The van der Waals surface area contributed by atoms with Crippen LogP contribution in [0.3, 0.4) is 0 Å². The largest absolute Gasteiger partial charge is 0.496 e. The van der Waals surface area contributed by atoms with Crippen LogP contribution in [0.5, 0.6) is 11.5 Å². The highest BCUT2D eigenvalue weighted by Gasteiger charge is 2.31. The molecule has 0 aromatic heterocycles. The lowest BCUT2D eigenvalue weighted by Gasteiger charge is -2.20. The number of unbranched alkanes of at least 4 members (excludes halogenated alkanes) is 5. The first kappa shape index (κ1) is 23.3. The zero-order valence-corrected chi connectivity index (χ0v) is 18.1. The summed E-state index contributed by atoms with van der Waals surface area (Å²) in [5.74, 6) is -0.755. The average molecular weight is 415 g/mol. The number of carbonyl (C=O) groups excluding carboxylic acids is 3. The zero-order chi connectivity index (χ0) is 22.1. The van der Waals surface area contributed by atoms with E-state index in [1.54, 1.807) is 6.07 Å². The van der Waals surface area contributed by atoms with Crippen LogP contribution >= 0.6 is 0 Å². The molecule has 1 aliphatic rings. The second kappa shape index (κ2) is 11.3. The highest BCUT2D eigenvalue weighted by Crippen LogP contribution is 2.38. The molecule has 2 rings (SSSR count). The number of fused-ring (bicyclic) bond motifs is 1. The number of methoxy groups -OCH3 is 2. The van der Waals surface area contributed by atoms with E-state index in [0.29, 0.717) is 17.7 Å². The Morgan fingerprint density at radius 1 is 0.933 bits per heavy atom. The molecule has 0 atom stereocenters. The summed E-state index contributed by atoms with van der Waals surface area (Å²) < 4.78 is 10.9. The van der Waals surface area contributed by atoms with Crippen LogP contribution in [0, 0.1) is 0 Å². The molecule has 0 aliphatic heterocycles. The lowest BCUT2D eigenvalue weighted by Crippen LogP contribution is -2.18. The SMILES string of the molecule is CCCCCCCCC(=NOC(C)=O)c1cc(OC)c2c(c1OC)C(=O)C=CC2=O. The van der Waals surface area contributed by atoms with Gasteiger partial charge in [-0.3, -0.25) is 9.59 Å². The van der Waals surface area contributed by atoms with Crippen LogP contribution in [-0.4, -0.2) is 37.5 Å². The van der Waals surface area contributed by atoms with Gasteiger partial charge in [-0.1, -0.05) is 44.2 Å². The van der Waals surface area contributed by atoms with Crippen molar-refractivity contribution in [2.45, 2.75) is 58.8 Å². The van der Waals surface area contributed by atoms with E-state index in [1.807, 2.05) is 0 Å². The van der Waals surface area contributed by atoms with Gasteiger partial charge in [0.25, 0.3) is 0 Å². The Balaban J connectivity index is 2.46. The van der Waals surface area contributed by atoms with E-state index in [-0.39, 0.29) is 34.2 Å². The number of benzene rings is 1. The van der Waals surface area contributed by atoms with Crippen molar-refractivity contribution in [1.82, 2.24) is 0 Å². The molecule has 0 N–H and O–H groups in total. The van der Waals surface area contributed by atoms with Crippen molar-refractivity contribution in [3.63, 3.8) is 0 Å². The number of carbonyl (C=O) groups is 3. The molecule has 0 spiro atoms. The smallest absolute Gasteiger partial charge is 0.331 e.